The first-order valence-electron chi connectivity index (χ1n) is 8.94. The summed E-state index contributed by atoms with van der Waals surface area (Å²) in [6, 6.07) is 2.02. The van der Waals surface area contributed by atoms with Crippen molar-refractivity contribution in [2.75, 3.05) is 13.2 Å². The summed E-state index contributed by atoms with van der Waals surface area (Å²) in [5.74, 6) is -1.86. The van der Waals surface area contributed by atoms with E-state index in [-0.39, 0.29) is 31.0 Å². The van der Waals surface area contributed by atoms with Crippen LogP contribution in [0.15, 0.2) is 0 Å². The molecule has 6 atom stereocenters. The lowest BCUT2D eigenvalue weighted by Crippen LogP contribution is -2.42. The van der Waals surface area contributed by atoms with Crippen LogP contribution >= 0.6 is 0 Å². The minimum absolute atomic E-state index is 0.106. The number of hydrogen-bond donors (Lipinski definition) is 0. The summed E-state index contributed by atoms with van der Waals surface area (Å²) in [5, 5.41) is 8.48. The fraction of sp³-hybridized carbons (Fsp3) is 0.824. The van der Waals surface area contributed by atoms with Crippen molar-refractivity contribution in [3.05, 3.63) is 0 Å². The Kier molecular flexibility index (Phi) is 5.12. The van der Waals surface area contributed by atoms with Crippen LogP contribution in [0.4, 0.5) is 4.79 Å². The molecule has 9 nitrogen and oxygen atoms in total. The van der Waals surface area contributed by atoms with Crippen LogP contribution in [-0.4, -0.2) is 51.2 Å². The van der Waals surface area contributed by atoms with E-state index >= 15 is 0 Å². The van der Waals surface area contributed by atoms with Gasteiger partial charge in [-0.05, 0) is 26.7 Å². The van der Waals surface area contributed by atoms with Gasteiger partial charge in [-0.15, -0.1) is 0 Å². The molecule has 1 heterocycles. The van der Waals surface area contributed by atoms with Crippen LogP contribution in [0.1, 0.15) is 33.6 Å². The SMILES string of the molecule is CCC(C)(C)C(=O)OCCOC(=O)OC1C2CC3C1OS(=O)(=O)C3C2C#N. The second-order valence-electron chi connectivity index (χ2n) is 7.79. The maximum absolute atomic E-state index is 12.1. The first-order valence-corrected chi connectivity index (χ1v) is 10.4. The Labute approximate surface area is 158 Å². The highest BCUT2D eigenvalue weighted by Gasteiger charge is 2.70. The Morgan fingerprint density at radius 2 is 1.89 bits per heavy atom. The van der Waals surface area contributed by atoms with E-state index in [1.165, 1.54) is 0 Å². The molecule has 1 aliphatic heterocycles. The highest BCUT2D eigenvalue weighted by Crippen LogP contribution is 2.58. The van der Waals surface area contributed by atoms with Crippen LogP contribution in [0, 0.1) is 34.5 Å². The Morgan fingerprint density at radius 1 is 1.22 bits per heavy atom. The van der Waals surface area contributed by atoms with Crippen molar-refractivity contribution in [2.45, 2.75) is 51.1 Å². The van der Waals surface area contributed by atoms with Crippen molar-refractivity contribution in [1.82, 2.24) is 0 Å². The lowest BCUT2D eigenvalue weighted by atomic mass is 9.85. The average Bonchev–Trinajstić information content (AvgIpc) is 3.20. The van der Waals surface area contributed by atoms with Gasteiger partial charge in [-0.2, -0.15) is 13.7 Å². The van der Waals surface area contributed by atoms with Crippen LogP contribution in [-0.2, 0) is 33.3 Å². The first kappa shape index (κ1) is 19.9. The number of carbonyl (C=O) groups is 2. The molecular weight excluding hydrogens is 378 g/mol. The monoisotopic (exact) mass is 401 g/mol. The summed E-state index contributed by atoms with van der Waals surface area (Å²) in [5.41, 5.74) is -0.613. The molecule has 0 aromatic heterocycles. The van der Waals surface area contributed by atoms with E-state index in [4.69, 9.17) is 18.4 Å². The summed E-state index contributed by atoms with van der Waals surface area (Å²) in [6.45, 7) is 5.10. The van der Waals surface area contributed by atoms with Gasteiger partial charge in [-0.25, -0.2) is 4.79 Å². The molecule has 2 saturated carbocycles. The molecule has 3 fully saturated rings. The third-order valence-corrected chi connectivity index (χ3v) is 7.68. The lowest BCUT2D eigenvalue weighted by molar-refractivity contribution is -0.155. The standard InChI is InChI=1S/C17H23NO8S/c1-4-17(2,3)15(19)23-5-6-24-16(20)25-12-9-7-10-13(12)26-27(21,22)14(10)11(9)8-18/h9-14H,4-7H2,1-3H3. The fourth-order valence-corrected chi connectivity index (χ4v) is 6.06. The van der Waals surface area contributed by atoms with Crippen molar-refractivity contribution in [3.63, 3.8) is 0 Å². The Morgan fingerprint density at radius 3 is 2.52 bits per heavy atom. The topological polar surface area (TPSA) is 129 Å². The highest BCUT2D eigenvalue weighted by atomic mass is 32.2. The molecule has 6 unspecified atom stereocenters. The maximum Gasteiger partial charge on any atom is 0.508 e. The predicted molar refractivity (Wildman–Crippen MR) is 89.5 cm³/mol. The quantitative estimate of drug-likeness (QED) is 0.368. The third kappa shape index (κ3) is 3.38. The van der Waals surface area contributed by atoms with Gasteiger partial charge in [0.25, 0.3) is 10.1 Å². The van der Waals surface area contributed by atoms with E-state index in [0.29, 0.717) is 12.8 Å². The number of rotatable bonds is 6. The summed E-state index contributed by atoms with van der Waals surface area (Å²) < 4.78 is 44.5. The van der Waals surface area contributed by atoms with Gasteiger partial charge < -0.3 is 14.2 Å². The average molecular weight is 401 g/mol. The molecular formula is C17H23NO8S. The molecule has 10 heteroatoms. The molecule has 2 aliphatic carbocycles. The zero-order valence-corrected chi connectivity index (χ0v) is 16.2. The summed E-state index contributed by atoms with van der Waals surface area (Å²) in [4.78, 5) is 23.8. The summed E-state index contributed by atoms with van der Waals surface area (Å²) >= 11 is 0. The number of nitriles is 1. The van der Waals surface area contributed by atoms with Crippen LogP contribution in [0.25, 0.3) is 0 Å². The van der Waals surface area contributed by atoms with E-state index < -0.39 is 45.1 Å². The first-order chi connectivity index (χ1) is 12.6. The molecule has 3 rings (SSSR count). The van der Waals surface area contributed by atoms with Crippen molar-refractivity contribution < 1.29 is 36.4 Å². The van der Waals surface area contributed by atoms with Gasteiger partial charge in [0.15, 0.2) is 0 Å². The molecule has 0 spiro atoms. The highest BCUT2D eigenvalue weighted by molar-refractivity contribution is 7.87. The zero-order valence-electron chi connectivity index (χ0n) is 15.4. The smallest absolute Gasteiger partial charge is 0.462 e. The van der Waals surface area contributed by atoms with Crippen molar-refractivity contribution in [1.29, 1.82) is 5.26 Å². The summed E-state index contributed by atoms with van der Waals surface area (Å²) in [6.07, 6.45) is -1.51. The second-order valence-corrected chi connectivity index (χ2v) is 9.51. The van der Waals surface area contributed by atoms with Gasteiger partial charge in [0.1, 0.15) is 30.7 Å². The van der Waals surface area contributed by atoms with Crippen LogP contribution in [0.3, 0.4) is 0 Å². The minimum atomic E-state index is -3.82. The molecule has 0 radical (unpaired) electrons. The Balaban J connectivity index is 1.50. The molecule has 0 amide bonds. The summed E-state index contributed by atoms with van der Waals surface area (Å²) in [7, 11) is -3.82. The van der Waals surface area contributed by atoms with Gasteiger partial charge >= 0.3 is 12.1 Å². The largest absolute Gasteiger partial charge is 0.508 e. The van der Waals surface area contributed by atoms with Gasteiger partial charge in [0.2, 0.25) is 0 Å². The number of ether oxygens (including phenoxy) is 3. The van der Waals surface area contributed by atoms with Gasteiger partial charge in [-0.3, -0.25) is 8.98 Å². The number of esters is 1. The Bertz CT molecular complexity index is 770. The normalized spacial score (nSPS) is 35.5. The van der Waals surface area contributed by atoms with Gasteiger partial charge in [-0.1, -0.05) is 6.92 Å². The maximum atomic E-state index is 12.1. The van der Waals surface area contributed by atoms with Crippen LogP contribution < -0.4 is 0 Å². The second kappa shape index (κ2) is 6.95. The van der Waals surface area contributed by atoms with Gasteiger partial charge in [0, 0.05) is 11.8 Å². The van der Waals surface area contributed by atoms with E-state index in [2.05, 4.69) is 0 Å². The molecule has 0 aromatic carbocycles. The fourth-order valence-electron chi connectivity index (χ4n) is 4.06. The van der Waals surface area contributed by atoms with Crippen molar-refractivity contribution in [3.8, 4) is 6.07 Å². The Hall–Kier alpha value is -1.86. The minimum Gasteiger partial charge on any atom is -0.462 e. The molecule has 1 saturated heterocycles. The van der Waals surface area contributed by atoms with E-state index in [9.17, 15) is 23.3 Å². The van der Waals surface area contributed by atoms with Crippen molar-refractivity contribution in [2.24, 2.45) is 23.2 Å². The molecule has 0 N–H and O–H groups in total. The molecule has 2 bridgehead atoms. The molecule has 3 aliphatic rings. The zero-order chi connectivity index (χ0) is 20.0. The molecule has 150 valence electrons. The number of fused-ring (bicyclic) bond motifs is 1. The van der Waals surface area contributed by atoms with E-state index in [0.717, 1.165) is 0 Å². The number of nitrogens with zero attached hydrogens (tertiary/aromatic N) is 1. The molecule has 0 aromatic rings. The van der Waals surface area contributed by atoms with Crippen LogP contribution in [0.5, 0.6) is 0 Å². The lowest BCUT2D eigenvalue weighted by Gasteiger charge is -2.27. The van der Waals surface area contributed by atoms with E-state index in [1.54, 1.807) is 13.8 Å². The third-order valence-electron chi connectivity index (χ3n) is 5.88. The number of carbonyl (C=O) groups excluding carboxylic acids is 2. The molecule has 27 heavy (non-hydrogen) atoms. The van der Waals surface area contributed by atoms with Gasteiger partial charge in [0.05, 0.1) is 17.4 Å². The number of hydrogen-bond acceptors (Lipinski definition) is 9. The van der Waals surface area contributed by atoms with Crippen molar-refractivity contribution >= 4 is 22.2 Å². The predicted octanol–water partition coefficient (Wildman–Crippen LogP) is 1.37. The van der Waals surface area contributed by atoms with E-state index in [1.807, 2.05) is 13.0 Å². The van der Waals surface area contributed by atoms with Crippen LogP contribution in [0.2, 0.25) is 0 Å².